The molecular formula is C10H21NO2. The van der Waals surface area contributed by atoms with Gasteiger partial charge in [-0.1, -0.05) is 13.8 Å². The quantitative estimate of drug-likeness (QED) is 0.625. The molecule has 0 radical (unpaired) electrons. The van der Waals surface area contributed by atoms with Crippen LogP contribution >= 0.6 is 0 Å². The Morgan fingerprint density at radius 1 is 1.46 bits per heavy atom. The van der Waals surface area contributed by atoms with Gasteiger partial charge in [-0.2, -0.15) is 0 Å². The first-order valence-corrected chi connectivity index (χ1v) is 5.20. The minimum atomic E-state index is -0.306. The standard InChI is InChI=1S/C10H21NO2/c1-8(2)4-3-5-13-10-7-11-6-9(10)12/h8-12H,3-7H2,1-2H3. The summed E-state index contributed by atoms with van der Waals surface area (Å²) >= 11 is 0. The Hall–Kier alpha value is -0.120. The molecule has 0 aromatic heterocycles. The van der Waals surface area contributed by atoms with Gasteiger partial charge in [0.05, 0.1) is 12.2 Å². The van der Waals surface area contributed by atoms with Gasteiger partial charge in [-0.3, -0.25) is 0 Å². The third-order valence-corrected chi connectivity index (χ3v) is 2.39. The van der Waals surface area contributed by atoms with E-state index in [1.165, 1.54) is 6.42 Å². The lowest BCUT2D eigenvalue weighted by molar-refractivity contribution is -0.00980. The molecule has 0 aliphatic carbocycles. The Morgan fingerprint density at radius 2 is 2.23 bits per heavy atom. The van der Waals surface area contributed by atoms with Gasteiger partial charge < -0.3 is 15.2 Å². The maximum Gasteiger partial charge on any atom is 0.0970 e. The monoisotopic (exact) mass is 187 g/mol. The second kappa shape index (κ2) is 5.58. The van der Waals surface area contributed by atoms with Crippen LogP contribution in [-0.4, -0.2) is 37.0 Å². The third-order valence-electron chi connectivity index (χ3n) is 2.39. The summed E-state index contributed by atoms with van der Waals surface area (Å²) in [4.78, 5) is 0. The number of aliphatic hydroxyl groups is 1. The van der Waals surface area contributed by atoms with Gasteiger partial charge in [-0.15, -0.1) is 0 Å². The molecule has 0 bridgehead atoms. The molecule has 3 nitrogen and oxygen atoms in total. The van der Waals surface area contributed by atoms with E-state index in [0.29, 0.717) is 6.54 Å². The van der Waals surface area contributed by atoms with E-state index in [1.807, 2.05) is 0 Å². The zero-order valence-corrected chi connectivity index (χ0v) is 8.62. The number of nitrogens with one attached hydrogen (secondary N) is 1. The van der Waals surface area contributed by atoms with E-state index in [9.17, 15) is 5.11 Å². The zero-order chi connectivity index (χ0) is 9.68. The van der Waals surface area contributed by atoms with Crippen molar-refractivity contribution in [1.29, 1.82) is 0 Å². The Labute approximate surface area is 80.5 Å². The van der Waals surface area contributed by atoms with Crippen molar-refractivity contribution in [2.75, 3.05) is 19.7 Å². The number of β-amino-alcohol motifs (C(OH)–C–C–N with tert-alkyl or cyclic N) is 1. The maximum atomic E-state index is 9.41. The van der Waals surface area contributed by atoms with Gasteiger partial charge in [-0.25, -0.2) is 0 Å². The lowest BCUT2D eigenvalue weighted by Crippen LogP contribution is -2.27. The Morgan fingerprint density at radius 3 is 2.77 bits per heavy atom. The highest BCUT2D eigenvalue weighted by molar-refractivity contribution is 4.80. The minimum Gasteiger partial charge on any atom is -0.389 e. The molecule has 1 aliphatic heterocycles. The third kappa shape index (κ3) is 4.07. The molecule has 0 spiro atoms. The summed E-state index contributed by atoms with van der Waals surface area (Å²) in [6.07, 6.45) is 2.02. The van der Waals surface area contributed by atoms with E-state index in [2.05, 4.69) is 19.2 Å². The molecule has 78 valence electrons. The van der Waals surface area contributed by atoms with Crippen molar-refractivity contribution in [3.05, 3.63) is 0 Å². The molecule has 1 saturated heterocycles. The Balaban J connectivity index is 1.99. The van der Waals surface area contributed by atoms with Crippen LogP contribution < -0.4 is 5.32 Å². The molecule has 0 aromatic rings. The summed E-state index contributed by atoms with van der Waals surface area (Å²) < 4.78 is 5.55. The average molecular weight is 187 g/mol. The number of rotatable bonds is 5. The fourth-order valence-electron chi connectivity index (χ4n) is 1.54. The van der Waals surface area contributed by atoms with E-state index in [1.54, 1.807) is 0 Å². The molecule has 0 aromatic carbocycles. The molecule has 2 atom stereocenters. The molecule has 1 rings (SSSR count). The van der Waals surface area contributed by atoms with Crippen LogP contribution in [-0.2, 0) is 4.74 Å². The maximum absolute atomic E-state index is 9.41. The summed E-state index contributed by atoms with van der Waals surface area (Å²) in [5.41, 5.74) is 0. The molecule has 1 heterocycles. The van der Waals surface area contributed by atoms with Crippen LogP contribution in [0.25, 0.3) is 0 Å². The van der Waals surface area contributed by atoms with Gasteiger partial charge in [0.1, 0.15) is 0 Å². The topological polar surface area (TPSA) is 41.5 Å². The van der Waals surface area contributed by atoms with Gasteiger partial charge in [0.15, 0.2) is 0 Å². The summed E-state index contributed by atoms with van der Waals surface area (Å²) in [7, 11) is 0. The summed E-state index contributed by atoms with van der Waals surface area (Å²) in [5.74, 6) is 0.746. The van der Waals surface area contributed by atoms with E-state index in [0.717, 1.165) is 25.5 Å². The fourth-order valence-corrected chi connectivity index (χ4v) is 1.54. The van der Waals surface area contributed by atoms with Crippen LogP contribution in [0.5, 0.6) is 0 Å². The summed E-state index contributed by atoms with van der Waals surface area (Å²) in [6.45, 7) is 6.68. The van der Waals surface area contributed by atoms with Crippen molar-refractivity contribution < 1.29 is 9.84 Å². The van der Waals surface area contributed by atoms with Crippen molar-refractivity contribution in [1.82, 2.24) is 5.32 Å². The molecule has 1 aliphatic rings. The number of aliphatic hydroxyl groups excluding tert-OH is 1. The smallest absolute Gasteiger partial charge is 0.0970 e. The van der Waals surface area contributed by atoms with Crippen molar-refractivity contribution in [3.8, 4) is 0 Å². The average Bonchev–Trinajstić information content (AvgIpc) is 2.45. The lowest BCUT2D eigenvalue weighted by atomic mass is 10.1. The Kier molecular flexibility index (Phi) is 4.70. The largest absolute Gasteiger partial charge is 0.389 e. The van der Waals surface area contributed by atoms with Crippen LogP contribution in [0.4, 0.5) is 0 Å². The van der Waals surface area contributed by atoms with Gasteiger partial charge in [-0.05, 0) is 18.8 Å². The van der Waals surface area contributed by atoms with Crippen LogP contribution in [0.1, 0.15) is 26.7 Å². The molecule has 2 unspecified atom stereocenters. The predicted molar refractivity (Wildman–Crippen MR) is 52.7 cm³/mol. The first kappa shape index (κ1) is 11.0. The highest BCUT2D eigenvalue weighted by Crippen LogP contribution is 2.08. The minimum absolute atomic E-state index is 0.0205. The van der Waals surface area contributed by atoms with Crippen LogP contribution in [0, 0.1) is 5.92 Å². The molecule has 3 heteroatoms. The molecule has 2 N–H and O–H groups in total. The van der Waals surface area contributed by atoms with Crippen LogP contribution in [0.15, 0.2) is 0 Å². The van der Waals surface area contributed by atoms with Crippen LogP contribution in [0.2, 0.25) is 0 Å². The van der Waals surface area contributed by atoms with Gasteiger partial charge >= 0.3 is 0 Å². The highest BCUT2D eigenvalue weighted by Gasteiger charge is 2.24. The van der Waals surface area contributed by atoms with Gasteiger partial charge in [0.2, 0.25) is 0 Å². The fraction of sp³-hybridized carbons (Fsp3) is 1.00. The van der Waals surface area contributed by atoms with E-state index < -0.39 is 0 Å². The van der Waals surface area contributed by atoms with Gasteiger partial charge in [0, 0.05) is 19.7 Å². The molecular weight excluding hydrogens is 166 g/mol. The Bertz CT molecular complexity index is 139. The summed E-state index contributed by atoms with van der Waals surface area (Å²) in [6, 6.07) is 0. The van der Waals surface area contributed by atoms with Crippen molar-refractivity contribution in [3.63, 3.8) is 0 Å². The van der Waals surface area contributed by atoms with Crippen molar-refractivity contribution in [2.45, 2.75) is 38.9 Å². The van der Waals surface area contributed by atoms with E-state index in [-0.39, 0.29) is 12.2 Å². The zero-order valence-electron chi connectivity index (χ0n) is 8.62. The first-order chi connectivity index (χ1) is 6.20. The van der Waals surface area contributed by atoms with Gasteiger partial charge in [0.25, 0.3) is 0 Å². The van der Waals surface area contributed by atoms with E-state index in [4.69, 9.17) is 4.74 Å². The number of hydrogen-bond acceptors (Lipinski definition) is 3. The second-order valence-electron chi connectivity index (χ2n) is 4.17. The van der Waals surface area contributed by atoms with Crippen molar-refractivity contribution in [2.24, 2.45) is 5.92 Å². The lowest BCUT2D eigenvalue weighted by Gasteiger charge is -2.14. The van der Waals surface area contributed by atoms with E-state index >= 15 is 0 Å². The normalized spacial score (nSPS) is 28.6. The number of hydrogen-bond donors (Lipinski definition) is 2. The first-order valence-electron chi connectivity index (χ1n) is 5.20. The highest BCUT2D eigenvalue weighted by atomic mass is 16.5. The predicted octanol–water partition coefficient (Wildman–Crippen LogP) is 0.772. The SMILES string of the molecule is CC(C)CCCOC1CNCC1O. The molecule has 0 amide bonds. The van der Waals surface area contributed by atoms with Crippen molar-refractivity contribution >= 4 is 0 Å². The summed E-state index contributed by atoms with van der Waals surface area (Å²) in [5, 5.41) is 12.5. The number of ether oxygens (including phenoxy) is 1. The van der Waals surface area contributed by atoms with Crippen LogP contribution in [0.3, 0.4) is 0 Å². The molecule has 1 fully saturated rings. The molecule has 0 saturated carbocycles. The molecule has 13 heavy (non-hydrogen) atoms. The second-order valence-corrected chi connectivity index (χ2v) is 4.17.